The Morgan fingerprint density at radius 1 is 0.708 bits per heavy atom. The van der Waals surface area contributed by atoms with E-state index >= 15 is 0 Å². The molecule has 24 heavy (non-hydrogen) atoms. The third-order valence-corrected chi connectivity index (χ3v) is 5.65. The van der Waals surface area contributed by atoms with Gasteiger partial charge in [-0.05, 0) is 34.6 Å². The second-order valence-corrected chi connectivity index (χ2v) is 7.05. The lowest BCUT2D eigenvalue weighted by Gasteiger charge is -2.35. The minimum atomic E-state index is -0.219. The number of rotatable bonds is 6. The first-order chi connectivity index (χ1) is 11.8. The maximum absolute atomic E-state index is 5.35. The highest BCUT2D eigenvalue weighted by molar-refractivity contribution is 8.00. The molecular weight excluding hydrogens is 312 g/mol. The highest BCUT2D eigenvalue weighted by atomic mass is 32.2. The number of methoxy groups -OCH3 is 1. The van der Waals surface area contributed by atoms with Crippen LogP contribution in [0.4, 0.5) is 0 Å². The average molecular weight is 334 g/mol. The molecule has 0 saturated carbocycles. The van der Waals surface area contributed by atoms with Crippen molar-refractivity contribution in [3.63, 3.8) is 0 Å². The van der Waals surface area contributed by atoms with Gasteiger partial charge in [0, 0.05) is 0 Å². The smallest absolute Gasteiger partial charge is 0.118 e. The molecule has 0 radical (unpaired) electrons. The summed E-state index contributed by atoms with van der Waals surface area (Å²) in [5.74, 6) is 1.91. The zero-order chi connectivity index (χ0) is 16.8. The third kappa shape index (κ3) is 3.07. The van der Waals surface area contributed by atoms with Crippen LogP contribution in [0, 0.1) is 0 Å². The van der Waals surface area contributed by atoms with Gasteiger partial charge in [-0.25, -0.2) is 0 Å². The number of ether oxygens (including phenoxy) is 1. The first-order valence-corrected chi connectivity index (χ1v) is 9.19. The first kappa shape index (κ1) is 16.7. The average Bonchev–Trinajstić information content (AvgIpc) is 2.68. The van der Waals surface area contributed by atoms with E-state index in [-0.39, 0.29) is 4.75 Å². The molecule has 0 fully saturated rings. The minimum absolute atomic E-state index is 0.219. The van der Waals surface area contributed by atoms with Crippen molar-refractivity contribution >= 4 is 11.8 Å². The maximum Gasteiger partial charge on any atom is 0.118 e. The van der Waals surface area contributed by atoms with E-state index in [1.165, 1.54) is 16.7 Å². The Morgan fingerprint density at radius 2 is 1.17 bits per heavy atom. The molecule has 0 atom stereocenters. The second-order valence-electron chi connectivity index (χ2n) is 5.57. The summed E-state index contributed by atoms with van der Waals surface area (Å²) in [6.45, 7) is 2.22. The molecule has 1 nitrogen and oxygen atoms in total. The summed E-state index contributed by atoms with van der Waals surface area (Å²) < 4.78 is 5.13. The van der Waals surface area contributed by atoms with E-state index < -0.39 is 0 Å². The van der Waals surface area contributed by atoms with Gasteiger partial charge in [-0.1, -0.05) is 79.7 Å². The Balaban J connectivity index is 2.25. The molecule has 0 aliphatic carbocycles. The largest absolute Gasteiger partial charge is 0.497 e. The Bertz CT molecular complexity index is 711. The zero-order valence-corrected chi connectivity index (χ0v) is 14.9. The third-order valence-electron chi connectivity index (χ3n) is 4.22. The van der Waals surface area contributed by atoms with Crippen molar-refractivity contribution in [1.29, 1.82) is 0 Å². The van der Waals surface area contributed by atoms with Crippen molar-refractivity contribution in [3.8, 4) is 5.75 Å². The molecule has 0 amide bonds. The number of hydrogen-bond donors (Lipinski definition) is 0. The van der Waals surface area contributed by atoms with Crippen LogP contribution in [0.2, 0.25) is 0 Å². The van der Waals surface area contributed by atoms with Gasteiger partial charge < -0.3 is 4.74 Å². The van der Waals surface area contributed by atoms with Crippen molar-refractivity contribution in [2.24, 2.45) is 0 Å². The maximum atomic E-state index is 5.35. The van der Waals surface area contributed by atoms with E-state index in [4.69, 9.17) is 4.74 Å². The van der Waals surface area contributed by atoms with E-state index in [9.17, 15) is 0 Å². The Labute approximate surface area is 148 Å². The van der Waals surface area contributed by atoms with Gasteiger partial charge in [0.05, 0.1) is 11.9 Å². The Hall–Kier alpha value is -2.19. The molecule has 0 unspecified atom stereocenters. The molecule has 0 aliphatic rings. The second kappa shape index (κ2) is 7.59. The molecule has 0 bridgehead atoms. The van der Waals surface area contributed by atoms with E-state index in [1.54, 1.807) is 7.11 Å². The van der Waals surface area contributed by atoms with Gasteiger partial charge >= 0.3 is 0 Å². The Kier molecular flexibility index (Phi) is 5.27. The van der Waals surface area contributed by atoms with Crippen molar-refractivity contribution in [1.82, 2.24) is 0 Å². The minimum Gasteiger partial charge on any atom is -0.497 e. The van der Waals surface area contributed by atoms with Crippen LogP contribution in [0.3, 0.4) is 0 Å². The predicted octanol–water partition coefficient (Wildman–Crippen LogP) is 5.74. The van der Waals surface area contributed by atoms with Crippen LogP contribution >= 0.6 is 11.8 Å². The number of benzene rings is 3. The molecule has 3 aromatic rings. The van der Waals surface area contributed by atoms with Gasteiger partial charge in [0.15, 0.2) is 0 Å². The van der Waals surface area contributed by atoms with Gasteiger partial charge in [0.1, 0.15) is 5.75 Å². The fourth-order valence-corrected chi connectivity index (χ4v) is 4.48. The normalized spacial score (nSPS) is 11.2. The molecule has 0 aromatic heterocycles. The SMILES string of the molecule is CCSC(c1ccccc1)(c1ccccc1)c1ccc(OC)cc1. The summed E-state index contributed by atoms with van der Waals surface area (Å²) in [7, 11) is 1.71. The zero-order valence-electron chi connectivity index (χ0n) is 14.1. The fraction of sp³-hybridized carbons (Fsp3) is 0.182. The predicted molar refractivity (Wildman–Crippen MR) is 104 cm³/mol. The number of thioether (sulfide) groups is 1. The van der Waals surface area contributed by atoms with Gasteiger partial charge in [0.2, 0.25) is 0 Å². The van der Waals surface area contributed by atoms with Crippen LogP contribution in [-0.2, 0) is 4.75 Å². The van der Waals surface area contributed by atoms with Gasteiger partial charge in [-0.3, -0.25) is 0 Å². The van der Waals surface area contributed by atoms with Crippen molar-refractivity contribution < 1.29 is 4.74 Å². The van der Waals surface area contributed by atoms with Gasteiger partial charge in [-0.2, -0.15) is 0 Å². The molecule has 2 heteroatoms. The molecule has 3 aromatic carbocycles. The van der Waals surface area contributed by atoms with Crippen LogP contribution in [-0.4, -0.2) is 12.9 Å². The molecule has 0 spiro atoms. The monoisotopic (exact) mass is 334 g/mol. The molecule has 3 rings (SSSR count). The lowest BCUT2D eigenvalue weighted by atomic mass is 9.84. The summed E-state index contributed by atoms with van der Waals surface area (Å²) in [4.78, 5) is 0. The topological polar surface area (TPSA) is 9.23 Å². The lowest BCUT2D eigenvalue weighted by molar-refractivity contribution is 0.414. The summed E-state index contributed by atoms with van der Waals surface area (Å²) in [5.41, 5.74) is 3.87. The van der Waals surface area contributed by atoms with Crippen molar-refractivity contribution in [3.05, 3.63) is 102 Å². The van der Waals surface area contributed by atoms with Crippen LogP contribution < -0.4 is 4.74 Å². The standard InChI is InChI=1S/C22H22OS/c1-3-24-22(18-10-6-4-7-11-18,19-12-8-5-9-13-19)20-14-16-21(23-2)17-15-20/h4-17H,3H2,1-2H3. The van der Waals surface area contributed by atoms with Crippen molar-refractivity contribution in [2.75, 3.05) is 12.9 Å². The molecule has 0 aliphatic heterocycles. The highest BCUT2D eigenvalue weighted by Gasteiger charge is 2.36. The molecule has 122 valence electrons. The summed E-state index contributed by atoms with van der Waals surface area (Å²) in [6, 6.07) is 30.0. The van der Waals surface area contributed by atoms with Crippen molar-refractivity contribution in [2.45, 2.75) is 11.7 Å². The Morgan fingerprint density at radius 3 is 1.58 bits per heavy atom. The summed E-state index contributed by atoms with van der Waals surface area (Å²) in [6.07, 6.45) is 0. The first-order valence-electron chi connectivity index (χ1n) is 8.21. The van der Waals surface area contributed by atoms with Crippen LogP contribution in [0.1, 0.15) is 23.6 Å². The highest BCUT2D eigenvalue weighted by Crippen LogP contribution is 2.48. The van der Waals surface area contributed by atoms with Crippen LogP contribution in [0.5, 0.6) is 5.75 Å². The molecule has 0 N–H and O–H groups in total. The number of hydrogen-bond acceptors (Lipinski definition) is 2. The van der Waals surface area contributed by atoms with Crippen LogP contribution in [0.25, 0.3) is 0 Å². The fourth-order valence-electron chi connectivity index (χ4n) is 3.14. The quantitative estimate of drug-likeness (QED) is 0.532. The van der Waals surface area contributed by atoms with E-state index in [0.717, 1.165) is 11.5 Å². The van der Waals surface area contributed by atoms with Gasteiger partial charge in [-0.15, -0.1) is 11.8 Å². The van der Waals surface area contributed by atoms with E-state index in [2.05, 4.69) is 79.7 Å². The van der Waals surface area contributed by atoms with E-state index in [0.29, 0.717) is 0 Å². The summed E-state index contributed by atoms with van der Waals surface area (Å²) >= 11 is 1.96. The van der Waals surface area contributed by atoms with E-state index in [1.807, 2.05) is 23.9 Å². The molecule has 0 saturated heterocycles. The lowest BCUT2D eigenvalue weighted by Crippen LogP contribution is -2.25. The van der Waals surface area contributed by atoms with Gasteiger partial charge in [0.25, 0.3) is 0 Å². The molecule has 0 heterocycles. The van der Waals surface area contributed by atoms with Crippen LogP contribution in [0.15, 0.2) is 84.9 Å². The molecular formula is C22H22OS. The summed E-state index contributed by atoms with van der Waals surface area (Å²) in [5, 5.41) is 0.